The molecule has 0 aliphatic heterocycles. The van der Waals surface area contributed by atoms with Crippen molar-refractivity contribution in [2.45, 2.75) is 51.9 Å². The van der Waals surface area contributed by atoms with Crippen molar-refractivity contribution in [3.63, 3.8) is 0 Å². The van der Waals surface area contributed by atoms with Gasteiger partial charge in [0, 0.05) is 6.20 Å². The van der Waals surface area contributed by atoms with Gasteiger partial charge in [-0.2, -0.15) is 5.26 Å². The maximum Gasteiger partial charge on any atom is 0.143 e. The maximum atomic E-state index is 8.88. The van der Waals surface area contributed by atoms with Crippen molar-refractivity contribution < 1.29 is 0 Å². The van der Waals surface area contributed by atoms with Crippen LogP contribution in [0.3, 0.4) is 0 Å². The third-order valence-corrected chi connectivity index (χ3v) is 2.80. The molecule has 0 unspecified atom stereocenters. The predicted octanol–water partition coefficient (Wildman–Crippen LogP) is 3.86. The van der Waals surface area contributed by atoms with E-state index in [2.05, 4.69) is 18.0 Å². The fourth-order valence-electron chi connectivity index (χ4n) is 1.84. The Kier molecular flexibility index (Phi) is 6.25. The maximum absolute atomic E-state index is 8.88. The Hall–Kier alpha value is -1.36. The molecule has 0 aromatic carbocycles. The van der Waals surface area contributed by atoms with Gasteiger partial charge in [-0.05, 0) is 24.5 Å². The summed E-state index contributed by atoms with van der Waals surface area (Å²) in [6, 6.07) is 6.07. The number of rotatable bonds is 7. The number of pyridine rings is 1. The Morgan fingerprint density at radius 3 is 2.69 bits per heavy atom. The van der Waals surface area contributed by atoms with Crippen LogP contribution in [0.5, 0.6) is 0 Å². The smallest absolute Gasteiger partial charge is 0.143 e. The van der Waals surface area contributed by atoms with E-state index in [1.807, 2.05) is 12.1 Å². The fourth-order valence-corrected chi connectivity index (χ4v) is 1.84. The lowest BCUT2D eigenvalue weighted by Gasteiger charge is -2.02. The van der Waals surface area contributed by atoms with Crippen LogP contribution >= 0.6 is 0 Å². The second kappa shape index (κ2) is 7.87. The highest BCUT2D eigenvalue weighted by molar-refractivity contribution is 5.30. The number of unbranched alkanes of at least 4 members (excludes halogenated alkanes) is 5. The number of nitrogens with zero attached hydrogens (tertiary/aromatic N) is 2. The van der Waals surface area contributed by atoms with E-state index in [0.29, 0.717) is 5.69 Å². The first-order valence-corrected chi connectivity index (χ1v) is 6.22. The van der Waals surface area contributed by atoms with Gasteiger partial charge in [0.1, 0.15) is 11.8 Å². The van der Waals surface area contributed by atoms with Crippen molar-refractivity contribution >= 4 is 0 Å². The van der Waals surface area contributed by atoms with Crippen molar-refractivity contribution in [1.29, 1.82) is 5.26 Å². The van der Waals surface area contributed by atoms with Crippen LogP contribution in [-0.2, 0) is 6.42 Å². The minimum absolute atomic E-state index is 0.594. The molecule has 1 heterocycles. The highest BCUT2D eigenvalue weighted by Gasteiger charge is 2.01. The molecule has 0 fully saturated rings. The van der Waals surface area contributed by atoms with Crippen LogP contribution in [0.2, 0.25) is 0 Å². The summed E-state index contributed by atoms with van der Waals surface area (Å²) in [7, 11) is 0. The summed E-state index contributed by atoms with van der Waals surface area (Å²) in [4.78, 5) is 4.06. The number of aromatic nitrogens is 1. The highest BCUT2D eigenvalue weighted by atomic mass is 14.7. The summed E-state index contributed by atoms with van der Waals surface area (Å²) in [6.45, 7) is 2.23. The van der Waals surface area contributed by atoms with E-state index < -0.39 is 0 Å². The Morgan fingerprint density at radius 2 is 1.94 bits per heavy atom. The summed E-state index contributed by atoms with van der Waals surface area (Å²) < 4.78 is 0. The molecular formula is C14H20N2. The highest BCUT2D eigenvalue weighted by Crippen LogP contribution is 2.11. The standard InChI is InChI=1S/C14H20N2/c1-2-3-4-5-6-7-9-13-10-8-11-16-14(13)12-15/h8,10-11H,2-7,9H2,1H3. The summed E-state index contributed by atoms with van der Waals surface area (Å²) in [5.74, 6) is 0. The van der Waals surface area contributed by atoms with Gasteiger partial charge in [-0.3, -0.25) is 0 Å². The molecule has 1 rings (SSSR count). The third-order valence-electron chi connectivity index (χ3n) is 2.80. The first kappa shape index (κ1) is 12.7. The van der Waals surface area contributed by atoms with Crippen LogP contribution < -0.4 is 0 Å². The minimum atomic E-state index is 0.594. The summed E-state index contributed by atoms with van der Waals surface area (Å²) >= 11 is 0. The third kappa shape index (κ3) is 4.44. The van der Waals surface area contributed by atoms with Gasteiger partial charge in [-0.15, -0.1) is 0 Å². The summed E-state index contributed by atoms with van der Waals surface area (Å²) in [5, 5.41) is 8.88. The fraction of sp³-hybridized carbons (Fsp3) is 0.571. The Bertz CT molecular complexity index is 339. The van der Waals surface area contributed by atoms with Crippen LogP contribution in [0, 0.1) is 11.3 Å². The average molecular weight is 216 g/mol. The van der Waals surface area contributed by atoms with Gasteiger partial charge < -0.3 is 0 Å². The molecule has 1 aromatic heterocycles. The summed E-state index contributed by atoms with van der Waals surface area (Å²) in [5.41, 5.74) is 1.69. The predicted molar refractivity (Wildman–Crippen MR) is 66.0 cm³/mol. The van der Waals surface area contributed by atoms with Gasteiger partial charge in [0.15, 0.2) is 0 Å². The first-order valence-electron chi connectivity index (χ1n) is 6.22. The first-order chi connectivity index (χ1) is 7.88. The van der Waals surface area contributed by atoms with Crippen LogP contribution in [0.25, 0.3) is 0 Å². The van der Waals surface area contributed by atoms with E-state index in [1.54, 1.807) is 6.20 Å². The van der Waals surface area contributed by atoms with Crippen molar-refractivity contribution in [3.8, 4) is 6.07 Å². The van der Waals surface area contributed by atoms with E-state index in [0.717, 1.165) is 12.0 Å². The monoisotopic (exact) mass is 216 g/mol. The molecule has 0 aliphatic carbocycles. The molecule has 0 saturated carbocycles. The average Bonchev–Trinajstić information content (AvgIpc) is 2.34. The van der Waals surface area contributed by atoms with Gasteiger partial charge in [0.25, 0.3) is 0 Å². The molecule has 2 nitrogen and oxygen atoms in total. The van der Waals surface area contributed by atoms with E-state index >= 15 is 0 Å². The van der Waals surface area contributed by atoms with Crippen LogP contribution in [-0.4, -0.2) is 4.98 Å². The van der Waals surface area contributed by atoms with Crippen molar-refractivity contribution in [3.05, 3.63) is 29.6 Å². The lowest BCUT2D eigenvalue weighted by molar-refractivity contribution is 0.607. The molecule has 86 valence electrons. The van der Waals surface area contributed by atoms with E-state index in [9.17, 15) is 0 Å². The zero-order valence-corrected chi connectivity index (χ0v) is 10.1. The van der Waals surface area contributed by atoms with E-state index in [-0.39, 0.29) is 0 Å². The quantitative estimate of drug-likeness (QED) is 0.649. The van der Waals surface area contributed by atoms with Gasteiger partial charge in [-0.25, -0.2) is 4.98 Å². The Morgan fingerprint density at radius 1 is 1.19 bits per heavy atom. The van der Waals surface area contributed by atoms with Crippen molar-refractivity contribution in [2.75, 3.05) is 0 Å². The molecule has 0 spiro atoms. The molecule has 0 aliphatic rings. The Balaban J connectivity index is 2.24. The summed E-state index contributed by atoms with van der Waals surface area (Å²) in [6.07, 6.45) is 10.4. The second-order valence-electron chi connectivity index (χ2n) is 4.14. The van der Waals surface area contributed by atoms with Crippen LogP contribution in [0.15, 0.2) is 18.3 Å². The molecule has 16 heavy (non-hydrogen) atoms. The van der Waals surface area contributed by atoms with Gasteiger partial charge in [0.05, 0.1) is 0 Å². The van der Waals surface area contributed by atoms with Gasteiger partial charge >= 0.3 is 0 Å². The SMILES string of the molecule is CCCCCCCCc1cccnc1C#N. The van der Waals surface area contributed by atoms with Gasteiger partial charge in [0.2, 0.25) is 0 Å². The molecular weight excluding hydrogens is 196 g/mol. The number of hydrogen-bond donors (Lipinski definition) is 0. The van der Waals surface area contributed by atoms with Crippen molar-refractivity contribution in [1.82, 2.24) is 4.98 Å². The van der Waals surface area contributed by atoms with Gasteiger partial charge in [-0.1, -0.05) is 45.1 Å². The lowest BCUT2D eigenvalue weighted by atomic mass is 10.0. The largest absolute Gasteiger partial charge is 0.245 e. The minimum Gasteiger partial charge on any atom is -0.245 e. The lowest BCUT2D eigenvalue weighted by Crippen LogP contribution is -1.93. The zero-order valence-electron chi connectivity index (χ0n) is 10.1. The zero-order chi connectivity index (χ0) is 11.6. The molecule has 0 bridgehead atoms. The topological polar surface area (TPSA) is 36.7 Å². The molecule has 0 N–H and O–H groups in total. The van der Waals surface area contributed by atoms with Crippen molar-refractivity contribution in [2.24, 2.45) is 0 Å². The molecule has 0 amide bonds. The number of aryl methyl sites for hydroxylation is 1. The molecule has 0 atom stereocenters. The van der Waals surface area contributed by atoms with Crippen LogP contribution in [0.1, 0.15) is 56.7 Å². The number of nitriles is 1. The molecule has 1 aromatic rings. The molecule has 2 heteroatoms. The van der Waals surface area contributed by atoms with E-state index in [1.165, 1.54) is 38.5 Å². The van der Waals surface area contributed by atoms with Crippen LogP contribution in [0.4, 0.5) is 0 Å². The Labute approximate surface area is 98.3 Å². The molecule has 0 radical (unpaired) electrons. The normalized spacial score (nSPS) is 10.0. The number of hydrogen-bond acceptors (Lipinski definition) is 2. The van der Waals surface area contributed by atoms with E-state index in [4.69, 9.17) is 5.26 Å². The molecule has 0 saturated heterocycles. The second-order valence-corrected chi connectivity index (χ2v) is 4.14.